The van der Waals surface area contributed by atoms with Gasteiger partial charge in [-0.3, -0.25) is 4.79 Å². The van der Waals surface area contributed by atoms with Gasteiger partial charge in [-0.05, 0) is 17.7 Å². The van der Waals surface area contributed by atoms with Gasteiger partial charge in [0.25, 0.3) is 0 Å². The summed E-state index contributed by atoms with van der Waals surface area (Å²) >= 11 is 0. The number of nitrogens with one attached hydrogen (secondary N) is 2. The molecule has 0 spiro atoms. The molecule has 0 saturated heterocycles. The van der Waals surface area contributed by atoms with Crippen LogP contribution in [0.4, 0.5) is 10.7 Å². The van der Waals surface area contributed by atoms with Gasteiger partial charge < -0.3 is 24.2 Å². The SMILES string of the molecule is COC(=O)c1ccc(CNS(C)(=O)=O)cc1S(=O)(=O)[N-]C(=O)Nc1nc(OC)cc(OC)n1.[Na+]. The second kappa shape index (κ2) is 12.3. The maximum atomic E-state index is 12.8. The number of hydrogen-bond donors (Lipinski definition) is 2. The predicted octanol–water partition coefficient (Wildman–Crippen LogP) is -2.37. The molecule has 0 bridgehead atoms. The first kappa shape index (κ1) is 29.5. The smallest absolute Gasteiger partial charge is 0.481 e. The molecule has 1 aromatic heterocycles. The molecule has 0 saturated carbocycles. The number of aromatic nitrogens is 2. The van der Waals surface area contributed by atoms with Gasteiger partial charge in [0.15, 0.2) is 12.0 Å². The molecule has 2 aromatic rings. The van der Waals surface area contributed by atoms with Crippen LogP contribution < -0.4 is 49.1 Å². The molecule has 0 aliphatic heterocycles. The molecule has 34 heavy (non-hydrogen) atoms. The molecule has 0 unspecified atom stereocenters. The van der Waals surface area contributed by atoms with E-state index < -0.39 is 42.5 Å². The number of ether oxygens (including phenoxy) is 3. The van der Waals surface area contributed by atoms with Crippen molar-refractivity contribution < 1.29 is 70.2 Å². The van der Waals surface area contributed by atoms with E-state index in [9.17, 15) is 26.4 Å². The van der Waals surface area contributed by atoms with Gasteiger partial charge in [-0.25, -0.2) is 26.4 Å². The largest absolute Gasteiger partial charge is 1.00 e. The normalized spacial score (nSPS) is 11.1. The zero-order chi connectivity index (χ0) is 24.8. The van der Waals surface area contributed by atoms with Gasteiger partial charge >= 0.3 is 35.5 Å². The van der Waals surface area contributed by atoms with Crippen molar-refractivity contribution in [1.82, 2.24) is 14.7 Å². The van der Waals surface area contributed by atoms with Gasteiger partial charge in [0.2, 0.25) is 31.8 Å². The van der Waals surface area contributed by atoms with Crippen LogP contribution in [0.25, 0.3) is 4.72 Å². The zero-order valence-electron chi connectivity index (χ0n) is 18.8. The molecule has 0 radical (unpaired) electrons. The molecule has 1 heterocycles. The number of amides is 2. The minimum atomic E-state index is -4.76. The summed E-state index contributed by atoms with van der Waals surface area (Å²) in [4.78, 5) is 31.3. The number of benzene rings is 1. The number of nitrogens with zero attached hydrogens (tertiary/aromatic N) is 3. The Morgan fingerprint density at radius 1 is 1.00 bits per heavy atom. The van der Waals surface area contributed by atoms with E-state index in [-0.39, 0.29) is 59.4 Å². The van der Waals surface area contributed by atoms with E-state index >= 15 is 0 Å². The van der Waals surface area contributed by atoms with Crippen LogP contribution in [-0.4, -0.2) is 66.4 Å². The van der Waals surface area contributed by atoms with Crippen LogP contribution in [0.3, 0.4) is 0 Å². The van der Waals surface area contributed by atoms with E-state index in [0.29, 0.717) is 0 Å². The summed E-state index contributed by atoms with van der Waals surface area (Å²) in [5.41, 5.74) is -0.223. The molecule has 0 aliphatic carbocycles. The van der Waals surface area contributed by atoms with Gasteiger partial charge in [0.1, 0.15) is 0 Å². The van der Waals surface area contributed by atoms with E-state index in [4.69, 9.17) is 9.47 Å². The Morgan fingerprint density at radius 3 is 2.09 bits per heavy atom. The fraction of sp³-hybridized carbons (Fsp3) is 0.294. The summed E-state index contributed by atoms with van der Waals surface area (Å²) < 4.78 is 68.0. The Bertz CT molecular complexity index is 1250. The second-order valence-corrected chi connectivity index (χ2v) is 9.59. The molecular formula is C17H20N5NaO9S2. The maximum Gasteiger partial charge on any atom is 1.00 e. The second-order valence-electron chi connectivity index (χ2n) is 6.19. The van der Waals surface area contributed by atoms with Crippen molar-refractivity contribution >= 4 is 38.0 Å². The minimum absolute atomic E-state index is 0. The number of esters is 1. The number of anilines is 1. The number of carbonyl (C=O) groups is 2. The third-order valence-corrected chi connectivity index (χ3v) is 5.76. The number of urea groups is 1. The molecule has 2 N–H and O–H groups in total. The molecule has 14 nitrogen and oxygen atoms in total. The molecule has 2 amide bonds. The third kappa shape index (κ3) is 8.37. The van der Waals surface area contributed by atoms with Crippen LogP contribution in [0.5, 0.6) is 11.8 Å². The van der Waals surface area contributed by atoms with Gasteiger partial charge in [-0.1, -0.05) is 6.07 Å². The minimum Gasteiger partial charge on any atom is -0.481 e. The van der Waals surface area contributed by atoms with E-state index in [1.54, 1.807) is 0 Å². The first-order valence-electron chi connectivity index (χ1n) is 8.80. The van der Waals surface area contributed by atoms with Crippen molar-refractivity contribution in [2.24, 2.45) is 0 Å². The zero-order valence-corrected chi connectivity index (χ0v) is 22.5. The summed E-state index contributed by atoms with van der Waals surface area (Å²) in [7, 11) is -4.68. The van der Waals surface area contributed by atoms with Crippen molar-refractivity contribution in [2.45, 2.75) is 11.4 Å². The summed E-state index contributed by atoms with van der Waals surface area (Å²) in [5.74, 6) is -1.31. The van der Waals surface area contributed by atoms with E-state index in [2.05, 4.69) is 29.5 Å². The summed E-state index contributed by atoms with van der Waals surface area (Å²) in [5, 5.41) is 2.06. The van der Waals surface area contributed by atoms with Crippen molar-refractivity contribution in [2.75, 3.05) is 32.9 Å². The van der Waals surface area contributed by atoms with E-state index in [1.807, 2.05) is 0 Å². The van der Waals surface area contributed by atoms with Crippen molar-refractivity contribution in [3.63, 3.8) is 0 Å². The van der Waals surface area contributed by atoms with Crippen LogP contribution in [0, 0.1) is 0 Å². The van der Waals surface area contributed by atoms with Gasteiger partial charge in [-0.15, -0.1) is 0 Å². The quantitative estimate of drug-likeness (QED) is 0.262. The Balaban J connectivity index is 0.00000578. The average Bonchev–Trinajstić information content (AvgIpc) is 2.75. The number of rotatable bonds is 9. The molecule has 0 atom stereocenters. The van der Waals surface area contributed by atoms with Crippen LogP contribution in [-0.2, 0) is 31.3 Å². The molecule has 0 fully saturated rings. The van der Waals surface area contributed by atoms with Gasteiger partial charge in [0, 0.05) is 6.54 Å². The Labute approximate surface area is 218 Å². The topological polar surface area (TPSA) is 194 Å². The average molecular weight is 525 g/mol. The number of hydrogen-bond acceptors (Lipinski definition) is 11. The summed E-state index contributed by atoms with van der Waals surface area (Å²) in [6.07, 6.45) is 0.919. The molecule has 180 valence electrons. The van der Waals surface area contributed by atoms with Crippen LogP contribution in [0.1, 0.15) is 15.9 Å². The Hall–Kier alpha value is -2.50. The summed E-state index contributed by atoms with van der Waals surface area (Å²) in [6.45, 7) is -0.271. The first-order chi connectivity index (χ1) is 15.4. The molecular weight excluding hydrogens is 505 g/mol. The number of sulfonamides is 2. The first-order valence-corrected chi connectivity index (χ1v) is 12.1. The van der Waals surface area contributed by atoms with Gasteiger partial charge in [-0.2, -0.15) is 9.97 Å². The van der Waals surface area contributed by atoms with E-state index in [0.717, 1.165) is 25.5 Å². The maximum absolute atomic E-state index is 12.8. The third-order valence-electron chi connectivity index (χ3n) is 3.79. The van der Waals surface area contributed by atoms with E-state index in [1.165, 1.54) is 26.4 Å². The Kier molecular flexibility index (Phi) is 10.7. The number of methoxy groups -OCH3 is 3. The number of carbonyl (C=O) groups excluding carboxylic acids is 2. The monoisotopic (exact) mass is 525 g/mol. The van der Waals surface area contributed by atoms with Crippen molar-refractivity contribution in [1.29, 1.82) is 0 Å². The molecule has 1 aromatic carbocycles. The van der Waals surface area contributed by atoms with Crippen LogP contribution in [0.15, 0.2) is 29.2 Å². The molecule has 17 heteroatoms. The Morgan fingerprint density at radius 2 is 1.59 bits per heavy atom. The van der Waals surface area contributed by atoms with Crippen molar-refractivity contribution in [3.05, 3.63) is 40.1 Å². The fourth-order valence-electron chi connectivity index (χ4n) is 2.33. The van der Waals surface area contributed by atoms with Crippen molar-refractivity contribution in [3.8, 4) is 11.8 Å². The van der Waals surface area contributed by atoms with Gasteiger partial charge in [0.05, 0.1) is 44.1 Å². The molecule has 0 aliphatic rings. The summed E-state index contributed by atoms with van der Waals surface area (Å²) in [6, 6.07) is 3.38. The van der Waals surface area contributed by atoms with Crippen LogP contribution >= 0.6 is 0 Å². The molecule has 2 rings (SSSR count). The standard InChI is InChI=1S/C17H21N5O9S2.Na/c1-29-13-8-14(30-2)20-16(19-13)21-17(24)22-33(27,28)12-7-10(9-18-32(4,25)26)5-6-11(12)15(23)31-3;/h5-8,18H,9H2,1-4H3,(H2,19,20,21,22,24);/q;+1/p-1. The predicted molar refractivity (Wildman–Crippen MR) is 114 cm³/mol. The fourth-order valence-corrected chi connectivity index (χ4v) is 3.85. The van der Waals surface area contributed by atoms with Crippen LogP contribution in [0.2, 0.25) is 0 Å².